The largest absolute Gasteiger partial charge is 0.481 e. The summed E-state index contributed by atoms with van der Waals surface area (Å²) in [6.07, 6.45) is 1.41. The maximum absolute atomic E-state index is 12.2. The first-order chi connectivity index (χ1) is 9.27. The summed E-state index contributed by atoms with van der Waals surface area (Å²) in [5.74, 6) is -0.793. The Morgan fingerprint density at radius 2 is 1.85 bits per heavy atom. The van der Waals surface area contributed by atoms with Gasteiger partial charge in [0.05, 0.1) is 0 Å². The van der Waals surface area contributed by atoms with Crippen LogP contribution in [0.15, 0.2) is 0 Å². The summed E-state index contributed by atoms with van der Waals surface area (Å²) < 4.78 is 0. The maximum Gasteiger partial charge on any atom is 0.317 e. The number of amides is 2. The lowest BCUT2D eigenvalue weighted by Crippen LogP contribution is -2.50. The van der Waals surface area contributed by atoms with Crippen LogP contribution in [-0.4, -0.2) is 66.2 Å². The fourth-order valence-electron chi connectivity index (χ4n) is 2.21. The molecule has 2 N–H and O–H groups in total. The number of hydrogen-bond donors (Lipinski definition) is 2. The smallest absolute Gasteiger partial charge is 0.317 e. The van der Waals surface area contributed by atoms with Crippen molar-refractivity contribution in [3.63, 3.8) is 0 Å². The molecule has 0 saturated carbocycles. The summed E-state index contributed by atoms with van der Waals surface area (Å²) in [4.78, 5) is 26.5. The Balaban J connectivity index is 4.22. The van der Waals surface area contributed by atoms with E-state index in [1.807, 2.05) is 34.9 Å². The van der Waals surface area contributed by atoms with Crippen molar-refractivity contribution in [1.82, 2.24) is 15.1 Å². The minimum absolute atomic E-state index is 0.0116. The lowest BCUT2D eigenvalue weighted by atomic mass is 10.1. The lowest BCUT2D eigenvalue weighted by molar-refractivity contribution is -0.137. The van der Waals surface area contributed by atoms with Gasteiger partial charge in [0.2, 0.25) is 0 Å². The molecule has 0 rings (SSSR count). The molecule has 0 saturated heterocycles. The Labute approximate surface area is 122 Å². The van der Waals surface area contributed by atoms with Crippen LogP contribution in [0.5, 0.6) is 0 Å². The Bertz CT molecular complexity index is 308. The average Bonchev–Trinajstić information content (AvgIpc) is 2.27. The predicted molar refractivity (Wildman–Crippen MR) is 79.9 cm³/mol. The van der Waals surface area contributed by atoms with Gasteiger partial charge < -0.3 is 20.2 Å². The number of urea groups is 1. The van der Waals surface area contributed by atoms with E-state index in [1.165, 1.54) is 0 Å². The van der Waals surface area contributed by atoms with Crippen molar-refractivity contribution in [2.45, 2.75) is 52.1 Å². The van der Waals surface area contributed by atoms with E-state index in [0.29, 0.717) is 19.4 Å². The molecule has 0 aliphatic rings. The molecule has 6 nitrogen and oxygen atoms in total. The van der Waals surface area contributed by atoms with Gasteiger partial charge in [0.25, 0.3) is 0 Å². The second-order valence-electron chi connectivity index (χ2n) is 5.53. The normalized spacial score (nSPS) is 13.9. The highest BCUT2D eigenvalue weighted by atomic mass is 16.4. The predicted octanol–water partition coefficient (Wildman–Crippen LogP) is 1.61. The van der Waals surface area contributed by atoms with Crippen molar-refractivity contribution < 1.29 is 14.7 Å². The zero-order valence-corrected chi connectivity index (χ0v) is 13.3. The van der Waals surface area contributed by atoms with Crippen molar-refractivity contribution in [3.05, 3.63) is 0 Å². The Morgan fingerprint density at radius 1 is 1.25 bits per heavy atom. The zero-order chi connectivity index (χ0) is 15.7. The summed E-state index contributed by atoms with van der Waals surface area (Å²) in [6, 6.07) is 0.0494. The van der Waals surface area contributed by atoms with Gasteiger partial charge in [0, 0.05) is 31.6 Å². The molecule has 0 spiro atoms. The third kappa shape index (κ3) is 7.99. The molecule has 2 unspecified atom stereocenters. The molecule has 0 aliphatic heterocycles. The Hall–Kier alpha value is -1.30. The van der Waals surface area contributed by atoms with E-state index >= 15 is 0 Å². The molecule has 0 aromatic heterocycles. The van der Waals surface area contributed by atoms with Crippen LogP contribution in [0.2, 0.25) is 0 Å². The third-order valence-corrected chi connectivity index (χ3v) is 3.16. The van der Waals surface area contributed by atoms with Crippen LogP contribution in [0.25, 0.3) is 0 Å². The SMILES string of the molecule is CCN(C(=O)NC(C)CCCC(=O)O)C(C)CN(C)C. The van der Waals surface area contributed by atoms with Crippen molar-refractivity contribution in [3.8, 4) is 0 Å². The summed E-state index contributed by atoms with van der Waals surface area (Å²) in [5, 5.41) is 11.5. The van der Waals surface area contributed by atoms with E-state index in [1.54, 1.807) is 4.90 Å². The number of likely N-dealkylation sites (N-methyl/N-ethyl adjacent to an activating group) is 2. The highest BCUT2D eigenvalue weighted by molar-refractivity contribution is 5.74. The van der Waals surface area contributed by atoms with Crippen molar-refractivity contribution >= 4 is 12.0 Å². The van der Waals surface area contributed by atoms with Crippen LogP contribution in [-0.2, 0) is 4.79 Å². The number of carbonyl (C=O) groups excluding carboxylic acids is 1. The molecule has 0 aromatic rings. The molecule has 0 bridgehead atoms. The van der Waals surface area contributed by atoms with Crippen LogP contribution in [0, 0.1) is 0 Å². The summed E-state index contributed by atoms with van der Waals surface area (Å²) >= 11 is 0. The van der Waals surface area contributed by atoms with Gasteiger partial charge in [-0.1, -0.05) is 0 Å². The van der Waals surface area contributed by atoms with Gasteiger partial charge in [0.15, 0.2) is 0 Å². The van der Waals surface area contributed by atoms with Crippen molar-refractivity contribution in [1.29, 1.82) is 0 Å². The molecule has 118 valence electrons. The molecular formula is C14H29N3O3. The monoisotopic (exact) mass is 287 g/mol. The van der Waals surface area contributed by atoms with Gasteiger partial charge in [0.1, 0.15) is 0 Å². The summed E-state index contributed by atoms with van der Waals surface area (Å²) in [6.45, 7) is 7.36. The first-order valence-corrected chi connectivity index (χ1v) is 7.21. The Morgan fingerprint density at radius 3 is 2.30 bits per heavy atom. The highest BCUT2D eigenvalue weighted by Gasteiger charge is 2.20. The molecule has 0 radical (unpaired) electrons. The number of carboxylic acids is 1. The number of carbonyl (C=O) groups is 2. The van der Waals surface area contributed by atoms with E-state index in [-0.39, 0.29) is 24.5 Å². The number of carboxylic acid groups (broad SMARTS) is 1. The molecule has 0 aliphatic carbocycles. The zero-order valence-electron chi connectivity index (χ0n) is 13.3. The van der Waals surface area contributed by atoms with E-state index in [9.17, 15) is 9.59 Å². The van der Waals surface area contributed by atoms with Crippen molar-refractivity contribution in [2.24, 2.45) is 0 Å². The standard InChI is InChI=1S/C14H29N3O3/c1-6-17(12(3)10-16(4)5)14(20)15-11(2)8-7-9-13(18)19/h11-12H,6-10H2,1-5H3,(H,15,20)(H,18,19). The van der Waals surface area contributed by atoms with Gasteiger partial charge in [-0.3, -0.25) is 4.79 Å². The van der Waals surface area contributed by atoms with Crippen LogP contribution in [0.3, 0.4) is 0 Å². The molecule has 2 amide bonds. The summed E-state index contributed by atoms with van der Waals surface area (Å²) in [7, 11) is 3.97. The first kappa shape index (κ1) is 18.7. The van der Waals surface area contributed by atoms with E-state index < -0.39 is 5.97 Å². The fraction of sp³-hybridized carbons (Fsp3) is 0.857. The molecule has 2 atom stereocenters. The lowest BCUT2D eigenvalue weighted by Gasteiger charge is -2.31. The molecule has 6 heteroatoms. The van der Waals surface area contributed by atoms with Crippen LogP contribution >= 0.6 is 0 Å². The van der Waals surface area contributed by atoms with Crippen LogP contribution < -0.4 is 5.32 Å². The second-order valence-corrected chi connectivity index (χ2v) is 5.53. The van der Waals surface area contributed by atoms with Gasteiger partial charge in [-0.05, 0) is 47.7 Å². The molecule has 0 fully saturated rings. The van der Waals surface area contributed by atoms with E-state index in [0.717, 1.165) is 6.54 Å². The number of rotatable bonds is 9. The maximum atomic E-state index is 12.2. The number of nitrogens with one attached hydrogen (secondary N) is 1. The van der Waals surface area contributed by atoms with Crippen molar-refractivity contribution in [2.75, 3.05) is 27.2 Å². The van der Waals surface area contributed by atoms with Crippen LogP contribution in [0.4, 0.5) is 4.79 Å². The van der Waals surface area contributed by atoms with E-state index in [4.69, 9.17) is 5.11 Å². The van der Waals surface area contributed by atoms with Gasteiger partial charge >= 0.3 is 12.0 Å². The van der Waals surface area contributed by atoms with Gasteiger partial charge in [-0.15, -0.1) is 0 Å². The molecular weight excluding hydrogens is 258 g/mol. The number of nitrogens with zero attached hydrogens (tertiary/aromatic N) is 2. The van der Waals surface area contributed by atoms with Crippen LogP contribution in [0.1, 0.15) is 40.0 Å². The summed E-state index contributed by atoms with van der Waals surface area (Å²) in [5.41, 5.74) is 0. The average molecular weight is 287 g/mol. The quantitative estimate of drug-likeness (QED) is 0.676. The molecule has 0 heterocycles. The second kappa shape index (κ2) is 9.58. The fourth-order valence-corrected chi connectivity index (χ4v) is 2.21. The van der Waals surface area contributed by atoms with E-state index in [2.05, 4.69) is 10.2 Å². The van der Waals surface area contributed by atoms with Gasteiger partial charge in [-0.25, -0.2) is 4.79 Å². The minimum atomic E-state index is -0.793. The molecule has 20 heavy (non-hydrogen) atoms. The highest BCUT2D eigenvalue weighted by Crippen LogP contribution is 2.04. The van der Waals surface area contributed by atoms with Gasteiger partial charge in [-0.2, -0.15) is 0 Å². The topological polar surface area (TPSA) is 72.9 Å². The third-order valence-electron chi connectivity index (χ3n) is 3.16. The number of hydrogen-bond acceptors (Lipinski definition) is 3. The Kier molecular flexibility index (Phi) is 8.96. The molecule has 0 aromatic carbocycles. The first-order valence-electron chi connectivity index (χ1n) is 7.21. The number of aliphatic carboxylic acids is 1. The minimum Gasteiger partial charge on any atom is -0.481 e.